The third-order valence-electron chi connectivity index (χ3n) is 4.46. The summed E-state index contributed by atoms with van der Waals surface area (Å²) in [6.45, 7) is 0.325. The normalized spacial score (nSPS) is 20.5. The van der Waals surface area contributed by atoms with Crippen LogP contribution in [0.3, 0.4) is 0 Å². The lowest BCUT2D eigenvalue weighted by Gasteiger charge is -2.36. The summed E-state index contributed by atoms with van der Waals surface area (Å²) in [6.07, 6.45) is 0.663. The van der Waals surface area contributed by atoms with Gasteiger partial charge in [0.05, 0.1) is 6.20 Å². The fourth-order valence-electron chi connectivity index (χ4n) is 2.68. The number of amides is 1. The first-order valence-corrected chi connectivity index (χ1v) is 8.60. The van der Waals surface area contributed by atoms with Gasteiger partial charge in [-0.15, -0.1) is 0 Å². The van der Waals surface area contributed by atoms with E-state index >= 15 is 0 Å². The fourth-order valence-corrected chi connectivity index (χ4v) is 2.68. The minimum absolute atomic E-state index is 0.357. The number of aliphatic imine (C=N–C) groups is 1. The molecule has 0 spiro atoms. The number of pyridine rings is 1. The molecule has 31 heavy (non-hydrogen) atoms. The number of hydrogen-bond acceptors (Lipinski definition) is 8. The monoisotopic (exact) mass is 445 g/mol. The molecule has 166 valence electrons. The van der Waals surface area contributed by atoms with E-state index in [0.717, 1.165) is 19.1 Å². The highest BCUT2D eigenvalue weighted by molar-refractivity contribution is 6.05. The van der Waals surface area contributed by atoms with Crippen molar-refractivity contribution in [2.45, 2.75) is 31.2 Å². The molecule has 14 heteroatoms. The average Bonchev–Trinajstić information content (AvgIpc) is 2.66. The molecule has 2 aromatic heterocycles. The summed E-state index contributed by atoms with van der Waals surface area (Å²) in [5, 5.41) is 2.18. The molecule has 0 bridgehead atoms. The molecule has 5 N–H and O–H groups in total. The quantitative estimate of drug-likeness (QED) is 0.612. The number of halogens is 5. The van der Waals surface area contributed by atoms with Crippen molar-refractivity contribution in [1.82, 2.24) is 15.0 Å². The number of alkyl halides is 4. The molecular formula is C17H16F5N7O2. The van der Waals surface area contributed by atoms with Crippen LogP contribution in [-0.4, -0.2) is 39.4 Å². The molecule has 9 nitrogen and oxygen atoms in total. The number of rotatable bonds is 4. The Morgan fingerprint density at radius 1 is 1.26 bits per heavy atom. The number of nitrogen functional groups attached to an aromatic ring is 1. The van der Waals surface area contributed by atoms with E-state index in [1.165, 1.54) is 0 Å². The van der Waals surface area contributed by atoms with E-state index in [1.54, 1.807) is 0 Å². The maximum atomic E-state index is 14.5. The highest BCUT2D eigenvalue weighted by Crippen LogP contribution is 2.43. The summed E-state index contributed by atoms with van der Waals surface area (Å²) in [6, 6.07) is 1.19. The van der Waals surface area contributed by atoms with Crippen LogP contribution in [0.1, 0.15) is 35.7 Å². The Kier molecular flexibility index (Phi) is 5.19. The lowest BCUT2D eigenvalue weighted by Crippen LogP contribution is -2.51. The zero-order valence-electron chi connectivity index (χ0n) is 16.1. The van der Waals surface area contributed by atoms with Crippen LogP contribution in [-0.2, 0) is 16.2 Å². The fraction of sp³-hybridized carbons (Fsp3) is 0.353. The van der Waals surface area contributed by atoms with Crippen LogP contribution in [0.25, 0.3) is 0 Å². The van der Waals surface area contributed by atoms with Crippen molar-refractivity contribution >= 4 is 23.6 Å². The lowest BCUT2D eigenvalue weighted by atomic mass is 9.89. The van der Waals surface area contributed by atoms with Crippen LogP contribution in [0.2, 0.25) is 0 Å². The van der Waals surface area contributed by atoms with Crippen molar-refractivity contribution < 1.29 is 31.5 Å². The Hall–Kier alpha value is -3.58. The van der Waals surface area contributed by atoms with Crippen molar-refractivity contribution in [1.29, 1.82) is 0 Å². The number of nitrogens with one attached hydrogen (secondary N) is 1. The topological polar surface area (TPSA) is 141 Å². The molecule has 3 heterocycles. The third-order valence-corrected chi connectivity index (χ3v) is 4.46. The molecule has 0 saturated heterocycles. The van der Waals surface area contributed by atoms with Gasteiger partial charge in [0.25, 0.3) is 17.9 Å². The zero-order valence-corrected chi connectivity index (χ0v) is 16.1. The van der Waals surface area contributed by atoms with Gasteiger partial charge < -0.3 is 21.5 Å². The molecule has 1 amide bonds. The highest BCUT2D eigenvalue weighted by Gasteiger charge is 2.57. The number of amidine groups is 1. The molecule has 3 rings (SSSR count). The van der Waals surface area contributed by atoms with Crippen LogP contribution < -0.4 is 16.8 Å². The predicted octanol–water partition coefficient (Wildman–Crippen LogP) is 2.15. The van der Waals surface area contributed by atoms with Gasteiger partial charge in [0.1, 0.15) is 23.0 Å². The molecule has 1 atom stereocenters. The molecule has 2 aromatic rings. The summed E-state index contributed by atoms with van der Waals surface area (Å²) in [7, 11) is 0. The van der Waals surface area contributed by atoms with Crippen LogP contribution in [0.4, 0.5) is 33.6 Å². The molecule has 1 unspecified atom stereocenters. The van der Waals surface area contributed by atoms with Gasteiger partial charge in [-0.3, -0.25) is 4.79 Å². The molecule has 1 aliphatic heterocycles. The zero-order chi connectivity index (χ0) is 23.2. The van der Waals surface area contributed by atoms with Gasteiger partial charge in [-0.1, -0.05) is 0 Å². The van der Waals surface area contributed by atoms with E-state index in [9.17, 15) is 26.7 Å². The lowest BCUT2D eigenvalue weighted by molar-refractivity contribution is -0.118. The summed E-state index contributed by atoms with van der Waals surface area (Å²) < 4.78 is 74.4. The van der Waals surface area contributed by atoms with E-state index < -0.39 is 64.6 Å². The second-order valence-electron chi connectivity index (χ2n) is 6.87. The minimum Gasteiger partial charge on any atom is -0.459 e. The summed E-state index contributed by atoms with van der Waals surface area (Å²) >= 11 is 0. The Bertz CT molecular complexity index is 1070. The standard InChI is InChI=1S/C17H16F5N7O2/c1-15(17(21,22)6-31-14(24)29-15)11-7(18)3-4-9(27-11)28-13(30)10-12(23)26-8(5-25-10)16(2,19)20/h3-5H,6H2,1-2H3,(H2,23,26)(H2,24,29)(H,27,28,30). The van der Waals surface area contributed by atoms with Gasteiger partial charge in [-0.25, -0.2) is 24.3 Å². The number of hydrogen-bond donors (Lipinski definition) is 3. The van der Waals surface area contributed by atoms with Gasteiger partial charge in [0.2, 0.25) is 0 Å². The van der Waals surface area contributed by atoms with Crippen LogP contribution in [0, 0.1) is 5.82 Å². The predicted molar refractivity (Wildman–Crippen MR) is 98.0 cm³/mol. The van der Waals surface area contributed by atoms with E-state index in [0.29, 0.717) is 13.1 Å². The van der Waals surface area contributed by atoms with E-state index in [1.807, 2.05) is 0 Å². The second kappa shape index (κ2) is 7.28. The Balaban J connectivity index is 1.94. The van der Waals surface area contributed by atoms with Gasteiger partial charge in [-0.05, 0) is 19.1 Å². The van der Waals surface area contributed by atoms with Crippen LogP contribution in [0.5, 0.6) is 0 Å². The van der Waals surface area contributed by atoms with Gasteiger partial charge in [0.15, 0.2) is 23.7 Å². The maximum absolute atomic E-state index is 14.5. The first kappa shape index (κ1) is 22.1. The van der Waals surface area contributed by atoms with Gasteiger partial charge in [-0.2, -0.15) is 17.6 Å². The Labute approximate surface area is 171 Å². The van der Waals surface area contributed by atoms with Crippen LogP contribution in [0.15, 0.2) is 23.3 Å². The average molecular weight is 445 g/mol. The smallest absolute Gasteiger partial charge is 0.311 e. The van der Waals surface area contributed by atoms with E-state index in [2.05, 4.69) is 30.0 Å². The summed E-state index contributed by atoms with van der Waals surface area (Å²) in [5.41, 5.74) is 6.28. The van der Waals surface area contributed by atoms with E-state index in [4.69, 9.17) is 11.5 Å². The highest BCUT2D eigenvalue weighted by atomic mass is 19.3. The molecule has 0 radical (unpaired) electrons. The largest absolute Gasteiger partial charge is 0.459 e. The number of carbonyl (C=O) groups excluding carboxylic acids is 1. The molecule has 0 fully saturated rings. The number of aromatic nitrogens is 3. The number of nitrogens with two attached hydrogens (primary N) is 2. The third kappa shape index (κ3) is 4.04. The Morgan fingerprint density at radius 2 is 1.94 bits per heavy atom. The number of nitrogens with zero attached hydrogens (tertiary/aromatic N) is 4. The molecule has 0 aliphatic carbocycles. The molecule has 0 saturated carbocycles. The number of anilines is 2. The van der Waals surface area contributed by atoms with Gasteiger partial charge >= 0.3 is 5.92 Å². The molecule has 1 aliphatic rings. The van der Waals surface area contributed by atoms with Crippen molar-refractivity contribution in [3.05, 3.63) is 41.2 Å². The summed E-state index contributed by atoms with van der Waals surface area (Å²) in [4.78, 5) is 26.6. The number of ether oxygens (including phenoxy) is 1. The second-order valence-corrected chi connectivity index (χ2v) is 6.87. The summed E-state index contributed by atoms with van der Waals surface area (Å²) in [5.74, 6) is -10.1. The Morgan fingerprint density at radius 3 is 2.55 bits per heavy atom. The maximum Gasteiger partial charge on any atom is 0.311 e. The first-order chi connectivity index (χ1) is 14.2. The van der Waals surface area contributed by atoms with Crippen molar-refractivity contribution in [2.24, 2.45) is 10.7 Å². The first-order valence-electron chi connectivity index (χ1n) is 8.60. The van der Waals surface area contributed by atoms with E-state index in [-0.39, 0.29) is 5.82 Å². The molecule has 0 aromatic carbocycles. The molecular weight excluding hydrogens is 429 g/mol. The number of carbonyl (C=O) groups is 1. The van der Waals surface area contributed by atoms with Crippen molar-refractivity contribution in [3.8, 4) is 0 Å². The van der Waals surface area contributed by atoms with Crippen LogP contribution >= 0.6 is 0 Å². The van der Waals surface area contributed by atoms with Crippen molar-refractivity contribution in [3.63, 3.8) is 0 Å². The minimum atomic E-state index is -3.68. The SMILES string of the molecule is CC(F)(F)c1cnc(C(=O)Nc2ccc(F)c(C3(C)N=C(N)OCC3(F)F)n2)c(N)n1. The van der Waals surface area contributed by atoms with Gasteiger partial charge in [0, 0.05) is 6.92 Å². The van der Waals surface area contributed by atoms with Crippen molar-refractivity contribution in [2.75, 3.05) is 17.7 Å².